The second-order valence-corrected chi connectivity index (χ2v) is 7.40. The lowest BCUT2D eigenvalue weighted by molar-refractivity contribution is -0.383. The molecule has 4 aromatic carbocycles. The topological polar surface area (TPSA) is 113 Å². The molecule has 0 aromatic heterocycles. The van der Waals surface area contributed by atoms with Gasteiger partial charge in [0.2, 0.25) is 0 Å². The van der Waals surface area contributed by atoms with Gasteiger partial charge in [-0.1, -0.05) is 48.5 Å². The maximum atomic E-state index is 13.6. The van der Waals surface area contributed by atoms with E-state index in [0.717, 1.165) is 15.7 Å². The summed E-state index contributed by atoms with van der Waals surface area (Å²) < 4.78 is 0. The summed E-state index contributed by atoms with van der Waals surface area (Å²) in [7, 11) is 0. The van der Waals surface area contributed by atoms with Crippen LogP contribution in [0, 0.1) is 10.1 Å². The van der Waals surface area contributed by atoms with Gasteiger partial charge in [-0.3, -0.25) is 19.7 Å². The predicted molar refractivity (Wildman–Crippen MR) is 121 cm³/mol. The number of aliphatic hydroxyl groups excluding tert-OH is 1. The van der Waals surface area contributed by atoms with Crippen LogP contribution in [0.25, 0.3) is 21.5 Å². The van der Waals surface area contributed by atoms with Crippen LogP contribution in [0.4, 0.5) is 17.1 Å². The van der Waals surface area contributed by atoms with Crippen molar-refractivity contribution < 1.29 is 19.6 Å². The van der Waals surface area contributed by atoms with Crippen molar-refractivity contribution in [1.82, 2.24) is 0 Å². The van der Waals surface area contributed by atoms with E-state index in [-0.39, 0.29) is 35.7 Å². The average molecular weight is 427 g/mol. The zero-order chi connectivity index (χ0) is 22.4. The quantitative estimate of drug-likeness (QED) is 0.282. The molecule has 32 heavy (non-hydrogen) atoms. The first-order chi connectivity index (χ1) is 15.5. The maximum absolute atomic E-state index is 13.6. The van der Waals surface area contributed by atoms with Gasteiger partial charge in [-0.15, -0.1) is 0 Å². The van der Waals surface area contributed by atoms with Crippen molar-refractivity contribution in [2.75, 3.05) is 23.4 Å². The van der Waals surface area contributed by atoms with Crippen LogP contribution in [0.15, 0.2) is 66.7 Å². The van der Waals surface area contributed by atoms with Crippen LogP contribution >= 0.6 is 0 Å². The molecule has 8 nitrogen and oxygen atoms in total. The molecule has 0 saturated heterocycles. The molecule has 1 aliphatic heterocycles. The Balaban J connectivity index is 1.79. The number of hydrogen-bond donors (Lipinski definition) is 2. The first-order valence-electron chi connectivity index (χ1n) is 9.98. The lowest BCUT2D eigenvalue weighted by Crippen LogP contribution is -2.40. The normalized spacial score (nSPS) is 13.1. The summed E-state index contributed by atoms with van der Waals surface area (Å²) in [5, 5.41) is 26.2. The number of nitro benzene ring substituents is 1. The Morgan fingerprint density at radius 3 is 2.38 bits per heavy atom. The predicted octanol–water partition coefficient (Wildman–Crippen LogP) is 4.11. The Labute approximate surface area is 181 Å². The number of fused-ring (bicyclic) bond motifs is 1. The van der Waals surface area contributed by atoms with E-state index in [1.165, 1.54) is 6.07 Å². The van der Waals surface area contributed by atoms with Gasteiger partial charge in [0.1, 0.15) is 5.69 Å². The molecule has 0 spiro atoms. The van der Waals surface area contributed by atoms with Crippen LogP contribution in [-0.4, -0.2) is 35.0 Å². The molecule has 2 amide bonds. The molecule has 0 fully saturated rings. The van der Waals surface area contributed by atoms with Gasteiger partial charge in [-0.2, -0.15) is 0 Å². The summed E-state index contributed by atoms with van der Waals surface area (Å²) in [5.74, 6) is -1.11. The smallest absolute Gasteiger partial charge is 0.293 e. The number of carbonyl (C=O) groups excluding carboxylic acids is 2. The van der Waals surface area contributed by atoms with Gasteiger partial charge in [0, 0.05) is 34.3 Å². The summed E-state index contributed by atoms with van der Waals surface area (Å²) >= 11 is 0. The number of nitro groups is 1. The fourth-order valence-corrected chi connectivity index (χ4v) is 4.28. The van der Waals surface area contributed by atoms with Crippen molar-refractivity contribution in [3.8, 4) is 0 Å². The number of hydrogen-bond acceptors (Lipinski definition) is 6. The molecule has 0 atom stereocenters. The summed E-state index contributed by atoms with van der Waals surface area (Å²) in [5.41, 5.74) is 0.671. The number of rotatable bonds is 5. The Morgan fingerprint density at radius 2 is 1.59 bits per heavy atom. The van der Waals surface area contributed by atoms with Crippen LogP contribution in [0.5, 0.6) is 0 Å². The third kappa shape index (κ3) is 2.81. The molecule has 0 aliphatic carbocycles. The highest BCUT2D eigenvalue weighted by Gasteiger charge is 2.37. The number of aliphatic hydroxyl groups is 1. The Hall–Kier alpha value is -4.30. The average Bonchev–Trinajstić information content (AvgIpc) is 2.81. The molecule has 158 valence electrons. The number of carbonyl (C=O) groups is 2. The highest BCUT2D eigenvalue weighted by molar-refractivity contribution is 6.38. The van der Waals surface area contributed by atoms with E-state index in [0.29, 0.717) is 16.5 Å². The largest absolute Gasteiger partial charge is 0.395 e. The number of benzene rings is 4. The number of imide groups is 1. The van der Waals surface area contributed by atoms with E-state index >= 15 is 0 Å². The van der Waals surface area contributed by atoms with Gasteiger partial charge in [0.25, 0.3) is 17.5 Å². The van der Waals surface area contributed by atoms with Crippen LogP contribution < -0.4 is 10.2 Å². The van der Waals surface area contributed by atoms with Gasteiger partial charge in [0.05, 0.1) is 22.8 Å². The van der Waals surface area contributed by atoms with E-state index < -0.39 is 16.7 Å². The highest BCUT2D eigenvalue weighted by atomic mass is 16.6. The standard InChI is InChI=1S/C24H17N3O5/c28-12-11-25-22-16-8-4-9-17-21(16)18(13-20(22)27(31)32)24(30)26(23(17)29)19-10-3-6-14-5-1-2-7-15(14)19/h1-10,13,25,28H,11-12H2. The van der Waals surface area contributed by atoms with Crippen molar-refractivity contribution in [3.63, 3.8) is 0 Å². The highest BCUT2D eigenvalue weighted by Crippen LogP contribution is 2.42. The van der Waals surface area contributed by atoms with Crippen molar-refractivity contribution in [2.45, 2.75) is 0 Å². The Morgan fingerprint density at radius 1 is 0.906 bits per heavy atom. The minimum Gasteiger partial charge on any atom is -0.395 e. The SMILES string of the molecule is O=C1c2cccc3c(NCCO)c([N+](=O)[O-])cc(c23)C(=O)N1c1cccc2ccccc12. The summed E-state index contributed by atoms with van der Waals surface area (Å²) in [6.45, 7) is -0.143. The van der Waals surface area contributed by atoms with E-state index in [9.17, 15) is 24.8 Å². The number of anilines is 2. The summed E-state index contributed by atoms with van der Waals surface area (Å²) in [4.78, 5) is 39.4. The van der Waals surface area contributed by atoms with Gasteiger partial charge in [0.15, 0.2) is 0 Å². The van der Waals surface area contributed by atoms with Gasteiger partial charge in [-0.25, -0.2) is 4.90 Å². The van der Waals surface area contributed by atoms with Crippen molar-refractivity contribution in [2.24, 2.45) is 0 Å². The molecule has 2 N–H and O–H groups in total. The van der Waals surface area contributed by atoms with Crippen molar-refractivity contribution in [3.05, 3.63) is 88.0 Å². The van der Waals surface area contributed by atoms with E-state index in [1.54, 1.807) is 30.3 Å². The summed E-state index contributed by atoms with van der Waals surface area (Å²) in [6.07, 6.45) is 0. The first-order valence-corrected chi connectivity index (χ1v) is 9.98. The zero-order valence-corrected chi connectivity index (χ0v) is 16.7. The fraction of sp³-hybridized carbons (Fsp3) is 0.0833. The van der Waals surface area contributed by atoms with Gasteiger partial charge in [-0.05, 0) is 17.5 Å². The van der Waals surface area contributed by atoms with Gasteiger partial charge < -0.3 is 10.4 Å². The third-order valence-electron chi connectivity index (χ3n) is 5.63. The minimum absolute atomic E-state index is 0.0868. The molecule has 0 bridgehead atoms. The second kappa shape index (κ2) is 7.44. The lowest BCUT2D eigenvalue weighted by atomic mass is 9.91. The number of amides is 2. The fourth-order valence-electron chi connectivity index (χ4n) is 4.28. The number of nitrogens with zero attached hydrogens (tertiary/aromatic N) is 2. The van der Waals surface area contributed by atoms with Crippen LogP contribution in [0.3, 0.4) is 0 Å². The third-order valence-corrected chi connectivity index (χ3v) is 5.63. The molecular formula is C24H17N3O5. The van der Waals surface area contributed by atoms with E-state index in [4.69, 9.17) is 0 Å². The van der Waals surface area contributed by atoms with E-state index in [1.807, 2.05) is 30.3 Å². The monoisotopic (exact) mass is 427 g/mol. The second-order valence-electron chi connectivity index (χ2n) is 7.40. The molecule has 5 rings (SSSR count). The van der Waals surface area contributed by atoms with Crippen LogP contribution in [0.2, 0.25) is 0 Å². The van der Waals surface area contributed by atoms with Crippen LogP contribution in [0.1, 0.15) is 20.7 Å². The molecule has 0 radical (unpaired) electrons. The molecule has 0 unspecified atom stereocenters. The van der Waals surface area contributed by atoms with Gasteiger partial charge >= 0.3 is 0 Å². The van der Waals surface area contributed by atoms with E-state index in [2.05, 4.69) is 5.32 Å². The van der Waals surface area contributed by atoms with Crippen LogP contribution in [-0.2, 0) is 0 Å². The first kappa shape index (κ1) is 19.7. The molecule has 1 heterocycles. The zero-order valence-electron chi connectivity index (χ0n) is 16.7. The maximum Gasteiger partial charge on any atom is 0.293 e. The molecule has 8 heteroatoms. The molecule has 4 aromatic rings. The van der Waals surface area contributed by atoms with Crippen molar-refractivity contribution in [1.29, 1.82) is 0 Å². The summed E-state index contributed by atoms with van der Waals surface area (Å²) in [6, 6.07) is 18.8. The number of nitrogens with one attached hydrogen (secondary N) is 1. The Bertz CT molecular complexity index is 1440. The Kier molecular flexibility index (Phi) is 4.57. The molecule has 0 saturated carbocycles. The lowest BCUT2D eigenvalue weighted by Gasteiger charge is -2.28. The molecule has 1 aliphatic rings. The van der Waals surface area contributed by atoms with Crippen molar-refractivity contribution >= 4 is 50.4 Å². The minimum atomic E-state index is -0.619. The molecular weight excluding hydrogens is 410 g/mol.